The zero-order valence-electron chi connectivity index (χ0n) is 16.7. The Kier molecular flexibility index (Phi) is 5.65. The van der Waals surface area contributed by atoms with Crippen molar-refractivity contribution in [1.29, 1.82) is 0 Å². The number of aryl methyl sites for hydroxylation is 2. The van der Waals surface area contributed by atoms with Crippen molar-refractivity contribution in [3.8, 4) is 11.4 Å². The van der Waals surface area contributed by atoms with Crippen molar-refractivity contribution < 1.29 is 14.6 Å². The number of carboxylic acid groups (broad SMARTS) is 1. The summed E-state index contributed by atoms with van der Waals surface area (Å²) >= 11 is 0. The van der Waals surface area contributed by atoms with Gasteiger partial charge in [-0.15, -0.1) is 0 Å². The van der Waals surface area contributed by atoms with Crippen LogP contribution in [-0.2, 0) is 12.8 Å². The molecule has 5 heteroatoms. The maximum absolute atomic E-state index is 11.1. The van der Waals surface area contributed by atoms with Gasteiger partial charge in [0.1, 0.15) is 11.9 Å². The number of fused-ring (bicyclic) bond motifs is 1. The number of benzene rings is 2. The third kappa shape index (κ3) is 4.34. The van der Waals surface area contributed by atoms with Gasteiger partial charge in [0.15, 0.2) is 0 Å². The molecule has 1 aliphatic carbocycles. The average Bonchev–Trinajstić information content (AvgIpc) is 3.18. The normalized spacial score (nSPS) is 14.2. The molecule has 1 aromatic heterocycles. The summed E-state index contributed by atoms with van der Waals surface area (Å²) in [5, 5.41) is 13.8. The summed E-state index contributed by atoms with van der Waals surface area (Å²) in [6.45, 7) is 2.12. The van der Waals surface area contributed by atoms with Crippen LogP contribution >= 0.6 is 0 Å². The molecule has 1 N–H and O–H groups in total. The Bertz CT molecular complexity index is 951. The standard InChI is InChI=1S/C24H26N2O3/c1-2-5-23(17-8-10-18(11-9-17)24(27)28)29-21-14-12-20(13-15-21)26-16-19-6-3-4-7-22(19)25-26/h8-16,23H,2-7H2,1H3,(H,27,28). The fraction of sp³-hybridized carbons (Fsp3) is 0.333. The van der Waals surface area contributed by atoms with E-state index in [-0.39, 0.29) is 11.7 Å². The molecule has 150 valence electrons. The van der Waals surface area contributed by atoms with Crippen molar-refractivity contribution in [3.05, 3.63) is 77.1 Å². The lowest BCUT2D eigenvalue weighted by Gasteiger charge is -2.19. The van der Waals surface area contributed by atoms with Crippen molar-refractivity contribution >= 4 is 5.97 Å². The van der Waals surface area contributed by atoms with Gasteiger partial charge in [0.25, 0.3) is 0 Å². The van der Waals surface area contributed by atoms with Crippen LogP contribution in [0.1, 0.15) is 65.9 Å². The Morgan fingerprint density at radius 1 is 1.10 bits per heavy atom. The van der Waals surface area contributed by atoms with Gasteiger partial charge in [0, 0.05) is 6.20 Å². The first-order valence-corrected chi connectivity index (χ1v) is 10.3. The maximum atomic E-state index is 11.1. The summed E-state index contributed by atoms with van der Waals surface area (Å²) in [5.41, 5.74) is 4.90. The van der Waals surface area contributed by atoms with E-state index in [1.807, 2.05) is 41.1 Å². The average molecular weight is 390 g/mol. The van der Waals surface area contributed by atoms with Gasteiger partial charge in [-0.2, -0.15) is 5.10 Å². The highest BCUT2D eigenvalue weighted by Gasteiger charge is 2.16. The predicted molar refractivity (Wildman–Crippen MR) is 112 cm³/mol. The van der Waals surface area contributed by atoms with Crippen LogP contribution in [-0.4, -0.2) is 20.9 Å². The van der Waals surface area contributed by atoms with E-state index in [2.05, 4.69) is 13.1 Å². The van der Waals surface area contributed by atoms with Crippen LogP contribution < -0.4 is 4.74 Å². The van der Waals surface area contributed by atoms with Crippen molar-refractivity contribution in [2.75, 3.05) is 0 Å². The molecule has 1 unspecified atom stereocenters. The van der Waals surface area contributed by atoms with E-state index >= 15 is 0 Å². The van der Waals surface area contributed by atoms with Gasteiger partial charge in [-0.25, -0.2) is 9.48 Å². The summed E-state index contributed by atoms with van der Waals surface area (Å²) < 4.78 is 8.20. The summed E-state index contributed by atoms with van der Waals surface area (Å²) in [6, 6.07) is 15.0. The monoisotopic (exact) mass is 390 g/mol. The molecule has 1 aliphatic rings. The van der Waals surface area contributed by atoms with E-state index in [0.29, 0.717) is 0 Å². The molecule has 5 nitrogen and oxygen atoms in total. The highest BCUT2D eigenvalue weighted by molar-refractivity contribution is 5.87. The van der Waals surface area contributed by atoms with E-state index in [9.17, 15) is 4.79 Å². The smallest absolute Gasteiger partial charge is 0.335 e. The second-order valence-corrected chi connectivity index (χ2v) is 7.57. The van der Waals surface area contributed by atoms with Crippen molar-refractivity contribution in [2.45, 2.75) is 51.6 Å². The van der Waals surface area contributed by atoms with E-state index in [4.69, 9.17) is 14.9 Å². The lowest BCUT2D eigenvalue weighted by atomic mass is 9.99. The van der Waals surface area contributed by atoms with Gasteiger partial charge in [-0.05, 0) is 79.6 Å². The highest BCUT2D eigenvalue weighted by atomic mass is 16.5. The molecular formula is C24H26N2O3. The summed E-state index contributed by atoms with van der Waals surface area (Å²) in [7, 11) is 0. The lowest BCUT2D eigenvalue weighted by Crippen LogP contribution is -2.08. The number of hydrogen-bond acceptors (Lipinski definition) is 3. The number of nitrogens with zero attached hydrogens (tertiary/aromatic N) is 2. The first-order chi connectivity index (χ1) is 14.1. The molecule has 1 heterocycles. The molecule has 0 spiro atoms. The third-order valence-corrected chi connectivity index (χ3v) is 5.45. The van der Waals surface area contributed by atoms with Crippen LogP contribution in [0.4, 0.5) is 0 Å². The molecule has 0 radical (unpaired) electrons. The summed E-state index contributed by atoms with van der Waals surface area (Å²) in [6.07, 6.45) is 8.54. The minimum Gasteiger partial charge on any atom is -0.486 e. The van der Waals surface area contributed by atoms with Crippen LogP contribution in [0.2, 0.25) is 0 Å². The van der Waals surface area contributed by atoms with Gasteiger partial charge in [0.05, 0.1) is 16.9 Å². The number of aromatic nitrogens is 2. The Hall–Kier alpha value is -3.08. The highest BCUT2D eigenvalue weighted by Crippen LogP contribution is 2.28. The Labute approximate surface area is 171 Å². The SMILES string of the molecule is CCCC(Oc1ccc(-n2cc3c(n2)CCCC3)cc1)c1ccc(C(=O)O)cc1. The first kappa shape index (κ1) is 19.2. The van der Waals surface area contributed by atoms with Crippen LogP contribution in [0.3, 0.4) is 0 Å². The fourth-order valence-corrected chi connectivity index (χ4v) is 3.84. The van der Waals surface area contributed by atoms with Gasteiger partial charge in [0.2, 0.25) is 0 Å². The second-order valence-electron chi connectivity index (χ2n) is 7.57. The molecule has 29 heavy (non-hydrogen) atoms. The van der Waals surface area contributed by atoms with Crippen LogP contribution in [0.25, 0.3) is 5.69 Å². The molecular weight excluding hydrogens is 364 g/mol. The number of aromatic carboxylic acids is 1. The number of carbonyl (C=O) groups is 1. The predicted octanol–water partition coefficient (Wildman–Crippen LogP) is 5.37. The number of carboxylic acids is 1. The molecule has 0 fully saturated rings. The Morgan fingerprint density at radius 3 is 2.48 bits per heavy atom. The van der Waals surface area contributed by atoms with Gasteiger partial charge in [-0.1, -0.05) is 25.5 Å². The molecule has 3 aromatic rings. The zero-order valence-corrected chi connectivity index (χ0v) is 16.7. The molecule has 0 saturated heterocycles. The number of hydrogen-bond donors (Lipinski definition) is 1. The number of rotatable bonds is 7. The van der Waals surface area contributed by atoms with Crippen LogP contribution in [0.5, 0.6) is 5.75 Å². The second kappa shape index (κ2) is 8.52. The third-order valence-electron chi connectivity index (χ3n) is 5.45. The lowest BCUT2D eigenvalue weighted by molar-refractivity contribution is 0.0696. The minimum atomic E-state index is -0.916. The molecule has 0 saturated carbocycles. The van der Waals surface area contributed by atoms with Gasteiger partial charge in [-0.3, -0.25) is 0 Å². The maximum Gasteiger partial charge on any atom is 0.335 e. The van der Waals surface area contributed by atoms with E-state index < -0.39 is 5.97 Å². The quantitative estimate of drug-likeness (QED) is 0.589. The van der Waals surface area contributed by atoms with Crippen LogP contribution in [0.15, 0.2) is 54.7 Å². The zero-order chi connectivity index (χ0) is 20.2. The fourth-order valence-electron chi connectivity index (χ4n) is 3.84. The first-order valence-electron chi connectivity index (χ1n) is 10.3. The largest absolute Gasteiger partial charge is 0.486 e. The topological polar surface area (TPSA) is 64.4 Å². The van der Waals surface area contributed by atoms with E-state index in [0.717, 1.165) is 42.7 Å². The van der Waals surface area contributed by atoms with Crippen molar-refractivity contribution in [2.24, 2.45) is 0 Å². The number of ether oxygens (including phenoxy) is 1. The molecule has 2 aromatic carbocycles. The summed E-state index contributed by atoms with van der Waals surface area (Å²) in [5.74, 6) is -0.119. The Morgan fingerprint density at radius 2 is 1.83 bits per heavy atom. The van der Waals surface area contributed by atoms with Crippen LogP contribution in [0, 0.1) is 0 Å². The molecule has 1 atom stereocenters. The molecule has 0 aliphatic heterocycles. The van der Waals surface area contributed by atoms with E-state index in [1.165, 1.54) is 24.1 Å². The van der Waals surface area contributed by atoms with Crippen molar-refractivity contribution in [1.82, 2.24) is 9.78 Å². The van der Waals surface area contributed by atoms with Gasteiger partial charge < -0.3 is 9.84 Å². The van der Waals surface area contributed by atoms with Crippen molar-refractivity contribution in [3.63, 3.8) is 0 Å². The molecule has 0 bridgehead atoms. The summed E-state index contributed by atoms with van der Waals surface area (Å²) in [4.78, 5) is 11.1. The van der Waals surface area contributed by atoms with Gasteiger partial charge >= 0.3 is 5.97 Å². The van der Waals surface area contributed by atoms with E-state index in [1.54, 1.807) is 12.1 Å². The molecule has 4 rings (SSSR count). The molecule has 0 amide bonds. The minimum absolute atomic E-state index is 0.106. The Balaban J connectivity index is 1.49.